The maximum absolute atomic E-state index is 12.4. The summed E-state index contributed by atoms with van der Waals surface area (Å²) in [6.07, 6.45) is 6.78. The van der Waals surface area contributed by atoms with Gasteiger partial charge in [-0.15, -0.1) is 0 Å². The molecule has 5 heteroatoms. The Bertz CT molecular complexity index is 697. The Kier molecular flexibility index (Phi) is 6.71. The third-order valence-electron chi connectivity index (χ3n) is 3.34. The number of hydrogen-bond acceptors (Lipinski definition) is 3. The van der Waals surface area contributed by atoms with E-state index in [2.05, 4.69) is 22.5 Å². The molecule has 0 unspecified atom stereocenters. The highest BCUT2D eigenvalue weighted by molar-refractivity contribution is 6.05. The summed E-state index contributed by atoms with van der Waals surface area (Å²) in [4.78, 5) is 28.7. The van der Waals surface area contributed by atoms with Crippen LogP contribution in [0.15, 0.2) is 60.6 Å². The van der Waals surface area contributed by atoms with Gasteiger partial charge < -0.3 is 10.6 Å². The van der Waals surface area contributed by atoms with Crippen LogP contribution in [0.4, 0.5) is 0 Å². The quantitative estimate of drug-likeness (QED) is 0.608. The number of rotatable bonds is 7. The Morgan fingerprint density at radius 1 is 1.12 bits per heavy atom. The molecule has 0 atom stereocenters. The number of hydrogen-bond donors (Lipinski definition) is 2. The van der Waals surface area contributed by atoms with Crippen molar-refractivity contribution >= 4 is 17.9 Å². The number of benzene rings is 1. The van der Waals surface area contributed by atoms with Gasteiger partial charge in [0, 0.05) is 24.5 Å². The van der Waals surface area contributed by atoms with Gasteiger partial charge in [0.1, 0.15) is 5.70 Å². The van der Waals surface area contributed by atoms with E-state index in [1.807, 2.05) is 12.1 Å². The number of nitrogens with zero attached hydrogens (tertiary/aromatic N) is 1. The first-order chi connectivity index (χ1) is 11.7. The van der Waals surface area contributed by atoms with Gasteiger partial charge in [-0.05, 0) is 36.3 Å². The van der Waals surface area contributed by atoms with Crippen molar-refractivity contribution < 1.29 is 9.59 Å². The zero-order valence-corrected chi connectivity index (χ0v) is 13.7. The van der Waals surface area contributed by atoms with Crippen LogP contribution < -0.4 is 10.6 Å². The predicted octanol–water partition coefficient (Wildman–Crippen LogP) is 2.77. The SMILES string of the molecule is CCCCNC(=O)C(=Cc1cccnc1)NC(=O)c1ccccc1. The van der Waals surface area contributed by atoms with E-state index in [-0.39, 0.29) is 17.5 Å². The third kappa shape index (κ3) is 5.35. The molecule has 1 heterocycles. The molecule has 0 aliphatic heterocycles. The maximum Gasteiger partial charge on any atom is 0.267 e. The normalized spacial score (nSPS) is 11.0. The fourth-order valence-corrected chi connectivity index (χ4v) is 2.04. The number of carbonyl (C=O) groups is 2. The Balaban J connectivity index is 2.17. The van der Waals surface area contributed by atoms with Gasteiger partial charge in [0.15, 0.2) is 0 Å². The monoisotopic (exact) mass is 323 g/mol. The molecule has 0 aliphatic rings. The average Bonchev–Trinajstić information content (AvgIpc) is 2.63. The van der Waals surface area contributed by atoms with Crippen molar-refractivity contribution in [2.24, 2.45) is 0 Å². The van der Waals surface area contributed by atoms with Gasteiger partial charge in [0.05, 0.1) is 0 Å². The molecule has 0 aliphatic carbocycles. The fraction of sp³-hybridized carbons (Fsp3) is 0.211. The van der Waals surface area contributed by atoms with Crippen LogP contribution in [0.2, 0.25) is 0 Å². The lowest BCUT2D eigenvalue weighted by Gasteiger charge is -2.11. The number of nitrogens with one attached hydrogen (secondary N) is 2. The molecule has 24 heavy (non-hydrogen) atoms. The Hall–Kier alpha value is -2.95. The second-order valence-corrected chi connectivity index (χ2v) is 5.27. The molecular formula is C19H21N3O2. The van der Waals surface area contributed by atoms with E-state index in [1.165, 1.54) is 0 Å². The number of carbonyl (C=O) groups excluding carboxylic acids is 2. The molecule has 1 aromatic heterocycles. The van der Waals surface area contributed by atoms with E-state index < -0.39 is 0 Å². The predicted molar refractivity (Wildman–Crippen MR) is 94.0 cm³/mol. The van der Waals surface area contributed by atoms with E-state index in [1.54, 1.807) is 48.8 Å². The van der Waals surface area contributed by atoms with Crippen molar-refractivity contribution in [3.8, 4) is 0 Å². The number of aromatic nitrogens is 1. The van der Waals surface area contributed by atoms with Gasteiger partial charge in [0.2, 0.25) is 0 Å². The summed E-state index contributed by atoms with van der Waals surface area (Å²) >= 11 is 0. The van der Waals surface area contributed by atoms with E-state index in [0.29, 0.717) is 12.1 Å². The van der Waals surface area contributed by atoms with E-state index in [4.69, 9.17) is 0 Å². The van der Waals surface area contributed by atoms with Crippen molar-refractivity contribution in [2.75, 3.05) is 6.54 Å². The standard InChI is InChI=1S/C19H21N3O2/c1-2-3-12-21-19(24)17(13-15-8-7-11-20-14-15)22-18(23)16-9-5-4-6-10-16/h4-11,13-14H,2-3,12H2,1H3,(H,21,24)(H,22,23). The minimum atomic E-state index is -0.323. The smallest absolute Gasteiger partial charge is 0.267 e. The first-order valence-corrected chi connectivity index (χ1v) is 7.97. The van der Waals surface area contributed by atoms with Crippen LogP contribution in [0, 0.1) is 0 Å². The maximum atomic E-state index is 12.4. The first-order valence-electron chi connectivity index (χ1n) is 7.97. The molecule has 0 radical (unpaired) electrons. The summed E-state index contributed by atoms with van der Waals surface area (Å²) in [5, 5.41) is 5.51. The van der Waals surface area contributed by atoms with Gasteiger partial charge in [0.25, 0.3) is 11.8 Å². The van der Waals surface area contributed by atoms with E-state index >= 15 is 0 Å². The molecule has 0 saturated carbocycles. The van der Waals surface area contributed by atoms with Gasteiger partial charge >= 0.3 is 0 Å². The van der Waals surface area contributed by atoms with Gasteiger partial charge in [-0.3, -0.25) is 14.6 Å². The Morgan fingerprint density at radius 3 is 2.58 bits per heavy atom. The molecule has 0 fully saturated rings. The summed E-state index contributed by atoms with van der Waals surface area (Å²) in [5.74, 6) is -0.632. The Morgan fingerprint density at radius 2 is 1.92 bits per heavy atom. The highest BCUT2D eigenvalue weighted by atomic mass is 16.2. The summed E-state index contributed by atoms with van der Waals surface area (Å²) < 4.78 is 0. The molecular weight excluding hydrogens is 302 g/mol. The number of unbranched alkanes of at least 4 members (excludes halogenated alkanes) is 1. The highest BCUT2D eigenvalue weighted by Crippen LogP contribution is 2.06. The summed E-state index contributed by atoms with van der Waals surface area (Å²) in [7, 11) is 0. The zero-order valence-electron chi connectivity index (χ0n) is 13.7. The van der Waals surface area contributed by atoms with Crippen molar-refractivity contribution in [1.29, 1.82) is 0 Å². The Labute approximate surface area is 141 Å². The molecule has 1 aromatic carbocycles. The van der Waals surface area contributed by atoms with Crippen molar-refractivity contribution in [1.82, 2.24) is 15.6 Å². The average molecular weight is 323 g/mol. The van der Waals surface area contributed by atoms with Crippen LogP contribution in [-0.4, -0.2) is 23.3 Å². The van der Waals surface area contributed by atoms with Crippen LogP contribution in [0.1, 0.15) is 35.7 Å². The van der Waals surface area contributed by atoms with E-state index in [0.717, 1.165) is 18.4 Å². The van der Waals surface area contributed by atoms with Crippen molar-refractivity contribution in [3.63, 3.8) is 0 Å². The zero-order chi connectivity index (χ0) is 17.2. The lowest BCUT2D eigenvalue weighted by atomic mass is 10.2. The van der Waals surface area contributed by atoms with Gasteiger partial charge in [-0.2, -0.15) is 0 Å². The summed E-state index contributed by atoms with van der Waals surface area (Å²) in [6.45, 7) is 2.62. The molecule has 2 amide bonds. The number of amides is 2. The second kappa shape index (κ2) is 9.25. The minimum absolute atomic E-state index is 0.202. The number of pyridine rings is 1. The molecule has 0 saturated heterocycles. The van der Waals surface area contributed by atoms with Crippen molar-refractivity contribution in [2.45, 2.75) is 19.8 Å². The molecule has 2 N–H and O–H groups in total. The lowest BCUT2D eigenvalue weighted by Crippen LogP contribution is -2.35. The largest absolute Gasteiger partial charge is 0.351 e. The van der Waals surface area contributed by atoms with Crippen LogP contribution in [0.3, 0.4) is 0 Å². The third-order valence-corrected chi connectivity index (χ3v) is 3.34. The molecule has 124 valence electrons. The molecule has 5 nitrogen and oxygen atoms in total. The van der Waals surface area contributed by atoms with Crippen LogP contribution in [-0.2, 0) is 4.79 Å². The van der Waals surface area contributed by atoms with Crippen molar-refractivity contribution in [3.05, 3.63) is 71.7 Å². The van der Waals surface area contributed by atoms with Crippen LogP contribution >= 0.6 is 0 Å². The molecule has 2 aromatic rings. The highest BCUT2D eigenvalue weighted by Gasteiger charge is 2.14. The van der Waals surface area contributed by atoms with Crippen LogP contribution in [0.25, 0.3) is 6.08 Å². The first kappa shape index (κ1) is 17.4. The summed E-state index contributed by atoms with van der Waals surface area (Å²) in [5.41, 5.74) is 1.44. The minimum Gasteiger partial charge on any atom is -0.351 e. The lowest BCUT2D eigenvalue weighted by molar-refractivity contribution is -0.117. The van der Waals surface area contributed by atoms with Crippen LogP contribution in [0.5, 0.6) is 0 Å². The second-order valence-electron chi connectivity index (χ2n) is 5.27. The molecule has 2 rings (SSSR count). The molecule has 0 bridgehead atoms. The fourth-order valence-electron chi connectivity index (χ4n) is 2.04. The van der Waals surface area contributed by atoms with E-state index in [9.17, 15) is 9.59 Å². The van der Waals surface area contributed by atoms with Gasteiger partial charge in [-0.1, -0.05) is 37.6 Å². The summed E-state index contributed by atoms with van der Waals surface area (Å²) in [6, 6.07) is 12.4. The molecule has 0 spiro atoms. The topological polar surface area (TPSA) is 71.1 Å². The van der Waals surface area contributed by atoms with Gasteiger partial charge in [-0.25, -0.2) is 0 Å².